The number of imidazole rings is 1. The van der Waals surface area contributed by atoms with E-state index in [4.69, 9.17) is 0 Å². The molecular weight excluding hydrogens is 308 g/mol. The van der Waals surface area contributed by atoms with Crippen molar-refractivity contribution in [2.24, 2.45) is 21.1 Å². The second kappa shape index (κ2) is 5.97. The van der Waals surface area contributed by atoms with E-state index >= 15 is 0 Å². The molecule has 0 fully saturated rings. The normalized spacial score (nSPS) is 12.5. The third-order valence-electron chi connectivity index (χ3n) is 4.15. The standard InChI is InChI=1S/C16H20N6O2/c1-17-14(10-8-18-20(2)9-10)15(23)19-11-5-6-12-13(7-11)22(4)16(24)21(12)3/h5-9,14,17H,1-4H3,(H,19,23). The van der Waals surface area contributed by atoms with Gasteiger partial charge in [0, 0.05) is 38.6 Å². The first-order valence-electron chi connectivity index (χ1n) is 7.54. The maximum atomic E-state index is 12.6. The number of hydrogen-bond acceptors (Lipinski definition) is 4. The van der Waals surface area contributed by atoms with Crippen LogP contribution in [0, 0.1) is 0 Å². The molecule has 1 atom stereocenters. The molecule has 0 aliphatic rings. The van der Waals surface area contributed by atoms with E-state index in [9.17, 15) is 9.59 Å². The highest BCUT2D eigenvalue weighted by Gasteiger charge is 2.20. The van der Waals surface area contributed by atoms with Gasteiger partial charge in [0.25, 0.3) is 0 Å². The maximum Gasteiger partial charge on any atom is 0.328 e. The number of rotatable bonds is 4. The molecule has 3 rings (SSSR count). The number of fused-ring (bicyclic) bond motifs is 1. The van der Waals surface area contributed by atoms with Crippen molar-refractivity contribution in [2.75, 3.05) is 12.4 Å². The molecule has 24 heavy (non-hydrogen) atoms. The molecule has 2 aromatic heterocycles. The van der Waals surface area contributed by atoms with E-state index < -0.39 is 6.04 Å². The van der Waals surface area contributed by atoms with Crippen LogP contribution in [0.4, 0.5) is 5.69 Å². The quantitative estimate of drug-likeness (QED) is 0.731. The first-order valence-corrected chi connectivity index (χ1v) is 7.54. The topological polar surface area (TPSA) is 85.9 Å². The van der Waals surface area contributed by atoms with E-state index in [0.29, 0.717) is 5.69 Å². The molecule has 126 valence electrons. The molecule has 0 radical (unpaired) electrons. The van der Waals surface area contributed by atoms with Crippen LogP contribution in [0.25, 0.3) is 11.0 Å². The van der Waals surface area contributed by atoms with Gasteiger partial charge in [-0.15, -0.1) is 0 Å². The van der Waals surface area contributed by atoms with Gasteiger partial charge in [-0.25, -0.2) is 4.79 Å². The first-order chi connectivity index (χ1) is 11.4. The predicted octanol–water partition coefficient (Wildman–Crippen LogP) is 0.510. The number of anilines is 1. The third kappa shape index (κ3) is 2.61. The Kier molecular flexibility index (Phi) is 3.98. The number of hydrogen-bond donors (Lipinski definition) is 2. The van der Waals surface area contributed by atoms with Crippen LogP contribution in [-0.2, 0) is 25.9 Å². The van der Waals surface area contributed by atoms with Gasteiger partial charge in [-0.2, -0.15) is 5.10 Å². The molecular formula is C16H20N6O2. The Morgan fingerprint density at radius 2 is 1.88 bits per heavy atom. The Balaban J connectivity index is 1.90. The van der Waals surface area contributed by atoms with E-state index in [2.05, 4.69) is 15.7 Å². The number of nitrogens with zero attached hydrogens (tertiary/aromatic N) is 4. The van der Waals surface area contributed by atoms with Gasteiger partial charge in [0.15, 0.2) is 0 Å². The Bertz CT molecular complexity index is 965. The Labute approximate surface area is 138 Å². The average Bonchev–Trinajstić information content (AvgIpc) is 3.07. The lowest BCUT2D eigenvalue weighted by molar-refractivity contribution is -0.118. The summed E-state index contributed by atoms with van der Waals surface area (Å²) in [5.74, 6) is -0.189. The fourth-order valence-electron chi connectivity index (χ4n) is 2.84. The molecule has 8 nitrogen and oxygen atoms in total. The Hall–Kier alpha value is -2.87. The lowest BCUT2D eigenvalue weighted by Gasteiger charge is -2.14. The molecule has 1 amide bonds. The van der Waals surface area contributed by atoms with Crippen LogP contribution in [0.2, 0.25) is 0 Å². The van der Waals surface area contributed by atoms with Crippen LogP contribution >= 0.6 is 0 Å². The molecule has 0 bridgehead atoms. The summed E-state index contributed by atoms with van der Waals surface area (Å²) in [5, 5.41) is 9.97. The Morgan fingerprint density at radius 1 is 1.17 bits per heavy atom. The number of amides is 1. The van der Waals surface area contributed by atoms with Gasteiger partial charge in [-0.1, -0.05) is 0 Å². The number of carbonyl (C=O) groups is 1. The van der Waals surface area contributed by atoms with Crippen molar-refractivity contribution in [2.45, 2.75) is 6.04 Å². The number of nitrogens with one attached hydrogen (secondary N) is 2. The summed E-state index contributed by atoms with van der Waals surface area (Å²) in [4.78, 5) is 24.5. The van der Waals surface area contributed by atoms with E-state index in [1.54, 1.807) is 66.5 Å². The first kappa shape index (κ1) is 16.0. The van der Waals surface area contributed by atoms with Crippen LogP contribution in [0.1, 0.15) is 11.6 Å². The van der Waals surface area contributed by atoms with Crippen molar-refractivity contribution < 1.29 is 4.79 Å². The minimum Gasteiger partial charge on any atom is -0.324 e. The van der Waals surface area contributed by atoms with Gasteiger partial charge in [0.2, 0.25) is 5.91 Å². The summed E-state index contributed by atoms with van der Waals surface area (Å²) in [7, 11) is 6.96. The van der Waals surface area contributed by atoms with E-state index in [1.165, 1.54) is 0 Å². The second-order valence-corrected chi connectivity index (χ2v) is 5.76. The molecule has 2 heterocycles. The highest BCUT2D eigenvalue weighted by atomic mass is 16.2. The number of aryl methyl sites for hydroxylation is 3. The SMILES string of the molecule is CNC(C(=O)Nc1ccc2c(c1)n(C)c(=O)n2C)c1cnn(C)c1. The van der Waals surface area contributed by atoms with Crippen molar-refractivity contribution in [3.05, 3.63) is 46.6 Å². The van der Waals surface area contributed by atoms with Crippen molar-refractivity contribution in [3.8, 4) is 0 Å². The van der Waals surface area contributed by atoms with Crippen LogP contribution in [-0.4, -0.2) is 31.9 Å². The maximum absolute atomic E-state index is 12.6. The third-order valence-corrected chi connectivity index (χ3v) is 4.15. The van der Waals surface area contributed by atoms with Crippen molar-refractivity contribution in [1.29, 1.82) is 0 Å². The molecule has 2 N–H and O–H groups in total. The van der Waals surface area contributed by atoms with E-state index in [1.807, 2.05) is 6.07 Å². The summed E-state index contributed by atoms with van der Waals surface area (Å²) in [5.41, 5.74) is 2.90. The second-order valence-electron chi connectivity index (χ2n) is 5.76. The summed E-state index contributed by atoms with van der Waals surface area (Å²) in [6.07, 6.45) is 3.45. The summed E-state index contributed by atoms with van der Waals surface area (Å²) < 4.78 is 4.79. The van der Waals surface area contributed by atoms with Gasteiger partial charge in [-0.3, -0.25) is 18.6 Å². The minimum absolute atomic E-state index is 0.100. The van der Waals surface area contributed by atoms with Gasteiger partial charge in [0.1, 0.15) is 6.04 Å². The number of likely N-dealkylation sites (N-methyl/N-ethyl adjacent to an activating group) is 1. The number of benzene rings is 1. The van der Waals surface area contributed by atoms with Crippen molar-refractivity contribution in [3.63, 3.8) is 0 Å². The van der Waals surface area contributed by atoms with Crippen LogP contribution in [0.3, 0.4) is 0 Å². The van der Waals surface area contributed by atoms with Gasteiger partial charge in [-0.05, 0) is 25.2 Å². The lowest BCUT2D eigenvalue weighted by Crippen LogP contribution is -2.30. The monoisotopic (exact) mass is 328 g/mol. The van der Waals surface area contributed by atoms with Crippen molar-refractivity contribution >= 4 is 22.6 Å². The summed E-state index contributed by atoms with van der Waals surface area (Å²) >= 11 is 0. The average molecular weight is 328 g/mol. The smallest absolute Gasteiger partial charge is 0.324 e. The number of carbonyl (C=O) groups excluding carboxylic acids is 1. The number of aromatic nitrogens is 4. The molecule has 1 unspecified atom stereocenters. The molecule has 3 aromatic rings. The van der Waals surface area contributed by atoms with Gasteiger partial charge >= 0.3 is 5.69 Å². The molecule has 0 saturated heterocycles. The highest BCUT2D eigenvalue weighted by Crippen LogP contribution is 2.20. The zero-order valence-electron chi connectivity index (χ0n) is 14.1. The molecule has 0 saturated carbocycles. The van der Waals surface area contributed by atoms with Gasteiger partial charge < -0.3 is 10.6 Å². The molecule has 8 heteroatoms. The lowest BCUT2D eigenvalue weighted by atomic mass is 10.1. The largest absolute Gasteiger partial charge is 0.328 e. The fraction of sp³-hybridized carbons (Fsp3) is 0.312. The predicted molar refractivity (Wildman–Crippen MR) is 91.8 cm³/mol. The zero-order valence-corrected chi connectivity index (χ0v) is 14.1. The van der Waals surface area contributed by atoms with Gasteiger partial charge in [0.05, 0.1) is 17.2 Å². The Morgan fingerprint density at radius 3 is 2.50 bits per heavy atom. The van der Waals surface area contributed by atoms with Crippen LogP contribution in [0.5, 0.6) is 0 Å². The van der Waals surface area contributed by atoms with E-state index in [0.717, 1.165) is 16.6 Å². The molecule has 0 spiro atoms. The van der Waals surface area contributed by atoms with Crippen LogP contribution < -0.4 is 16.3 Å². The zero-order chi connectivity index (χ0) is 17.4. The summed E-state index contributed by atoms with van der Waals surface area (Å²) in [6, 6.07) is 4.90. The van der Waals surface area contributed by atoms with Crippen molar-refractivity contribution in [1.82, 2.24) is 24.2 Å². The summed E-state index contributed by atoms with van der Waals surface area (Å²) in [6.45, 7) is 0. The highest BCUT2D eigenvalue weighted by molar-refractivity contribution is 5.97. The van der Waals surface area contributed by atoms with E-state index in [-0.39, 0.29) is 11.6 Å². The molecule has 0 aliphatic carbocycles. The molecule has 1 aromatic carbocycles. The minimum atomic E-state index is -0.506. The fourth-order valence-corrected chi connectivity index (χ4v) is 2.84. The molecule has 0 aliphatic heterocycles. The van der Waals surface area contributed by atoms with Crippen LogP contribution in [0.15, 0.2) is 35.4 Å².